The van der Waals surface area contributed by atoms with E-state index in [4.69, 9.17) is 0 Å². The van der Waals surface area contributed by atoms with Gasteiger partial charge in [-0.1, -0.05) is 26.7 Å². The summed E-state index contributed by atoms with van der Waals surface area (Å²) in [5.41, 5.74) is 2.05. The summed E-state index contributed by atoms with van der Waals surface area (Å²) in [4.78, 5) is 15.2. The van der Waals surface area contributed by atoms with Crippen molar-refractivity contribution in [1.29, 1.82) is 0 Å². The fourth-order valence-electron chi connectivity index (χ4n) is 1.20. The second-order valence-electron chi connectivity index (χ2n) is 4.38. The Bertz CT molecular complexity index is 430. The highest BCUT2D eigenvalue weighted by Gasteiger charge is 2.16. The van der Waals surface area contributed by atoms with E-state index in [0.29, 0.717) is 11.3 Å². The van der Waals surface area contributed by atoms with E-state index in [0.717, 1.165) is 12.0 Å². The molecule has 0 aliphatic carbocycles. The van der Waals surface area contributed by atoms with Crippen LogP contribution in [0.2, 0.25) is 0 Å². The van der Waals surface area contributed by atoms with Crippen LogP contribution in [0.5, 0.6) is 0 Å². The molecule has 1 rings (SSSR count). The first-order valence-corrected chi connectivity index (χ1v) is 4.88. The van der Waals surface area contributed by atoms with Gasteiger partial charge in [0, 0.05) is 16.7 Å². The maximum atomic E-state index is 10.8. The summed E-state index contributed by atoms with van der Waals surface area (Å²) in [5, 5.41) is 0. The van der Waals surface area contributed by atoms with Gasteiger partial charge in [-0.05, 0) is 25.0 Å². The summed E-state index contributed by atoms with van der Waals surface area (Å²) in [6.45, 7) is 7.98. The highest BCUT2D eigenvalue weighted by Crippen LogP contribution is 2.20. The van der Waals surface area contributed by atoms with Crippen LogP contribution in [0, 0.1) is 11.8 Å². The fourth-order valence-corrected chi connectivity index (χ4v) is 1.20. The molecule has 1 aromatic rings. The van der Waals surface area contributed by atoms with E-state index in [9.17, 15) is 4.79 Å². The monoisotopic (exact) mass is 201 g/mol. The Morgan fingerprint density at radius 2 is 2.00 bits per heavy atom. The lowest BCUT2D eigenvalue weighted by molar-refractivity contribution is 0.112. The lowest BCUT2D eigenvalue weighted by Gasteiger charge is -2.17. The average molecular weight is 201 g/mol. The minimum Gasteiger partial charge on any atom is -0.298 e. The van der Waals surface area contributed by atoms with Crippen molar-refractivity contribution in [3.8, 4) is 11.8 Å². The van der Waals surface area contributed by atoms with Crippen molar-refractivity contribution in [2.45, 2.75) is 33.1 Å². The molecule has 0 amide bonds. The number of nitrogens with zero attached hydrogens (tertiary/aromatic N) is 1. The van der Waals surface area contributed by atoms with Gasteiger partial charge in [0.15, 0.2) is 6.29 Å². The molecule has 78 valence electrons. The van der Waals surface area contributed by atoms with E-state index in [2.05, 4.69) is 37.6 Å². The fraction of sp³-hybridized carbons (Fsp3) is 0.385. The van der Waals surface area contributed by atoms with Gasteiger partial charge in [-0.2, -0.15) is 0 Å². The van der Waals surface area contributed by atoms with Crippen molar-refractivity contribution in [3.63, 3.8) is 0 Å². The van der Waals surface area contributed by atoms with Gasteiger partial charge in [-0.15, -0.1) is 0 Å². The zero-order valence-corrected chi connectivity index (χ0v) is 9.59. The Balaban J connectivity index is 3.32. The topological polar surface area (TPSA) is 30.0 Å². The van der Waals surface area contributed by atoms with Crippen LogP contribution in [0.4, 0.5) is 0 Å². The maximum absolute atomic E-state index is 10.8. The SMILES string of the molecule is CC#Cc1nc(C(C)(C)C)ccc1C=O. The summed E-state index contributed by atoms with van der Waals surface area (Å²) in [6.07, 6.45) is 0.791. The molecule has 0 unspecified atom stereocenters. The molecule has 0 atom stereocenters. The first-order valence-electron chi connectivity index (χ1n) is 4.88. The van der Waals surface area contributed by atoms with E-state index < -0.39 is 0 Å². The molecule has 0 saturated heterocycles. The van der Waals surface area contributed by atoms with Gasteiger partial charge in [-0.3, -0.25) is 4.79 Å². The van der Waals surface area contributed by atoms with Gasteiger partial charge in [0.25, 0.3) is 0 Å². The van der Waals surface area contributed by atoms with Gasteiger partial charge < -0.3 is 0 Å². The molecule has 2 nitrogen and oxygen atoms in total. The quantitative estimate of drug-likeness (QED) is 0.516. The third kappa shape index (κ3) is 2.66. The second kappa shape index (κ2) is 4.27. The molecular formula is C13H15NO. The Labute approximate surface area is 90.7 Å². The average Bonchev–Trinajstić information content (AvgIpc) is 2.17. The number of aromatic nitrogens is 1. The number of carbonyl (C=O) groups excluding carboxylic acids is 1. The molecule has 15 heavy (non-hydrogen) atoms. The number of hydrogen-bond donors (Lipinski definition) is 0. The standard InChI is InChI=1S/C13H15NO/c1-5-6-11-10(9-15)7-8-12(14-11)13(2,3)4/h7-9H,1-4H3. The first-order chi connectivity index (χ1) is 6.99. The van der Waals surface area contributed by atoms with Crippen LogP contribution in [0.3, 0.4) is 0 Å². The van der Waals surface area contributed by atoms with Gasteiger partial charge in [0.1, 0.15) is 5.69 Å². The smallest absolute Gasteiger partial charge is 0.152 e. The molecule has 0 spiro atoms. The molecule has 0 fully saturated rings. The molecule has 1 aromatic heterocycles. The van der Waals surface area contributed by atoms with Crippen molar-refractivity contribution in [2.24, 2.45) is 0 Å². The molecule has 0 bridgehead atoms. The van der Waals surface area contributed by atoms with Crippen LogP contribution in [-0.2, 0) is 5.41 Å². The Kier molecular flexibility index (Phi) is 3.26. The molecule has 0 aliphatic rings. The molecule has 0 N–H and O–H groups in total. The number of carbonyl (C=O) groups is 1. The molecule has 1 heterocycles. The second-order valence-corrected chi connectivity index (χ2v) is 4.38. The Morgan fingerprint density at radius 1 is 1.33 bits per heavy atom. The van der Waals surface area contributed by atoms with Gasteiger partial charge in [0.05, 0.1) is 0 Å². The molecule has 0 aromatic carbocycles. The van der Waals surface area contributed by atoms with Crippen LogP contribution in [0.25, 0.3) is 0 Å². The lowest BCUT2D eigenvalue weighted by Crippen LogP contribution is -2.14. The predicted octanol–water partition coefficient (Wildman–Crippen LogP) is 2.56. The van der Waals surface area contributed by atoms with E-state index in [1.807, 2.05) is 6.07 Å². The predicted molar refractivity (Wildman–Crippen MR) is 60.9 cm³/mol. The van der Waals surface area contributed by atoms with Gasteiger partial charge in [-0.25, -0.2) is 4.98 Å². The third-order valence-electron chi connectivity index (χ3n) is 2.07. The summed E-state index contributed by atoms with van der Waals surface area (Å²) in [7, 11) is 0. The van der Waals surface area contributed by atoms with Crippen molar-refractivity contribution >= 4 is 6.29 Å². The van der Waals surface area contributed by atoms with E-state index in [1.54, 1.807) is 13.0 Å². The van der Waals surface area contributed by atoms with Crippen LogP contribution < -0.4 is 0 Å². The van der Waals surface area contributed by atoms with Crippen LogP contribution in [0.1, 0.15) is 49.4 Å². The molecular weight excluding hydrogens is 186 g/mol. The minimum atomic E-state index is -0.0222. The van der Waals surface area contributed by atoms with Crippen molar-refractivity contribution in [1.82, 2.24) is 4.98 Å². The number of hydrogen-bond acceptors (Lipinski definition) is 2. The molecule has 0 saturated carbocycles. The number of rotatable bonds is 1. The maximum Gasteiger partial charge on any atom is 0.152 e. The summed E-state index contributed by atoms with van der Waals surface area (Å²) < 4.78 is 0. The van der Waals surface area contributed by atoms with Gasteiger partial charge in [0.2, 0.25) is 0 Å². The zero-order valence-electron chi connectivity index (χ0n) is 9.59. The van der Waals surface area contributed by atoms with E-state index in [1.165, 1.54) is 0 Å². The molecule has 0 aliphatic heterocycles. The summed E-state index contributed by atoms with van der Waals surface area (Å²) >= 11 is 0. The van der Waals surface area contributed by atoms with Gasteiger partial charge >= 0.3 is 0 Å². The summed E-state index contributed by atoms with van der Waals surface area (Å²) in [5.74, 6) is 5.61. The molecule has 0 radical (unpaired) electrons. The van der Waals surface area contributed by atoms with Crippen molar-refractivity contribution in [2.75, 3.05) is 0 Å². The highest BCUT2D eigenvalue weighted by atomic mass is 16.1. The van der Waals surface area contributed by atoms with Crippen molar-refractivity contribution in [3.05, 3.63) is 29.1 Å². The largest absolute Gasteiger partial charge is 0.298 e. The van der Waals surface area contributed by atoms with Crippen LogP contribution >= 0.6 is 0 Å². The third-order valence-corrected chi connectivity index (χ3v) is 2.07. The summed E-state index contributed by atoms with van der Waals surface area (Å²) in [6, 6.07) is 3.66. The van der Waals surface area contributed by atoms with Crippen LogP contribution in [-0.4, -0.2) is 11.3 Å². The van der Waals surface area contributed by atoms with E-state index >= 15 is 0 Å². The normalized spacial score (nSPS) is 10.4. The van der Waals surface area contributed by atoms with Crippen molar-refractivity contribution < 1.29 is 4.79 Å². The highest BCUT2D eigenvalue weighted by molar-refractivity contribution is 5.78. The molecule has 2 heteroatoms. The minimum absolute atomic E-state index is 0.0222. The van der Waals surface area contributed by atoms with Crippen LogP contribution in [0.15, 0.2) is 12.1 Å². The first kappa shape index (κ1) is 11.5. The number of pyridine rings is 1. The Morgan fingerprint density at radius 3 is 2.47 bits per heavy atom. The lowest BCUT2D eigenvalue weighted by atomic mass is 9.91. The Hall–Kier alpha value is -1.62. The van der Waals surface area contributed by atoms with E-state index in [-0.39, 0.29) is 5.41 Å². The zero-order chi connectivity index (χ0) is 11.5. The number of aldehydes is 1.